The van der Waals surface area contributed by atoms with Crippen LogP contribution < -0.4 is 10.6 Å². The van der Waals surface area contributed by atoms with Crippen molar-refractivity contribution in [3.63, 3.8) is 0 Å². The molecule has 5 N–H and O–H groups in total. The van der Waals surface area contributed by atoms with Crippen LogP contribution in [0.25, 0.3) is 0 Å². The van der Waals surface area contributed by atoms with Gasteiger partial charge in [-0.3, -0.25) is 14.4 Å². The van der Waals surface area contributed by atoms with Gasteiger partial charge in [-0.05, 0) is 74.7 Å². The predicted molar refractivity (Wildman–Crippen MR) is 130 cm³/mol. The number of urea groups is 1. The van der Waals surface area contributed by atoms with Crippen molar-refractivity contribution in [2.24, 2.45) is 17.8 Å². The van der Waals surface area contributed by atoms with Crippen LogP contribution in [-0.2, 0) is 20.9 Å². The number of carboxylic acids is 3. The zero-order valence-electron chi connectivity index (χ0n) is 20.2. The maximum Gasteiger partial charge on any atom is 0.315 e. The number of hydrogen-bond acceptors (Lipinski definition) is 4. The summed E-state index contributed by atoms with van der Waals surface area (Å²) in [5.41, 5.74) is 0.973. The number of rotatable bonds is 9. The fourth-order valence-electron chi connectivity index (χ4n) is 4.91. The van der Waals surface area contributed by atoms with E-state index in [9.17, 15) is 34.5 Å². The number of amides is 2. The van der Waals surface area contributed by atoms with E-state index in [0.717, 1.165) is 5.56 Å². The molecule has 9 nitrogen and oxygen atoms in total. The molecule has 1 fully saturated rings. The fourth-order valence-corrected chi connectivity index (χ4v) is 4.91. The lowest BCUT2D eigenvalue weighted by molar-refractivity contribution is -0.140. The number of benzene rings is 1. The molecule has 0 aliphatic heterocycles. The molecule has 0 heterocycles. The van der Waals surface area contributed by atoms with E-state index in [1.807, 2.05) is 30.3 Å². The number of carboxylic acid groups (broad SMARTS) is 3. The van der Waals surface area contributed by atoms with Crippen LogP contribution in [0.1, 0.15) is 76.2 Å². The molecule has 1 saturated carbocycles. The largest absolute Gasteiger partial charge is 0.481 e. The molecule has 194 valence electrons. The fraction of sp³-hybridized carbons (Fsp3) is 0.615. The van der Waals surface area contributed by atoms with Gasteiger partial charge in [-0.15, -0.1) is 0 Å². The van der Waals surface area contributed by atoms with Gasteiger partial charge in [0.1, 0.15) is 0 Å². The summed E-state index contributed by atoms with van der Waals surface area (Å²) in [6, 6.07) is 9.02. The van der Waals surface area contributed by atoms with Crippen LogP contribution in [0.2, 0.25) is 0 Å². The molecule has 0 aromatic heterocycles. The van der Waals surface area contributed by atoms with E-state index in [1.54, 1.807) is 0 Å². The molecule has 1 aromatic carbocycles. The van der Waals surface area contributed by atoms with Gasteiger partial charge in [-0.1, -0.05) is 30.3 Å². The van der Waals surface area contributed by atoms with Crippen molar-refractivity contribution in [2.45, 2.75) is 83.2 Å². The number of aliphatic carboxylic acids is 3. The van der Waals surface area contributed by atoms with Gasteiger partial charge in [0, 0.05) is 31.8 Å². The molecule has 0 bridgehead atoms. The molecular formula is C26H38N2O7. The minimum Gasteiger partial charge on any atom is -0.481 e. The highest BCUT2D eigenvalue weighted by Gasteiger charge is 2.25. The third-order valence-electron chi connectivity index (χ3n) is 6.83. The molecule has 2 unspecified atom stereocenters. The molecule has 1 aliphatic carbocycles. The quantitative estimate of drug-likeness (QED) is 0.346. The Labute approximate surface area is 206 Å². The predicted octanol–water partition coefficient (Wildman–Crippen LogP) is 4.26. The highest BCUT2D eigenvalue weighted by molar-refractivity contribution is 5.74. The summed E-state index contributed by atoms with van der Waals surface area (Å²) in [7, 11) is 0. The van der Waals surface area contributed by atoms with E-state index >= 15 is 0 Å². The van der Waals surface area contributed by atoms with Crippen LogP contribution in [-0.4, -0.2) is 45.3 Å². The summed E-state index contributed by atoms with van der Waals surface area (Å²) >= 11 is 0. The van der Waals surface area contributed by atoms with Crippen LogP contribution in [0, 0.1) is 17.8 Å². The molecule has 2 rings (SSSR count). The van der Waals surface area contributed by atoms with Gasteiger partial charge >= 0.3 is 23.9 Å². The average Bonchev–Trinajstić information content (AvgIpc) is 2.79. The molecule has 2 atom stereocenters. The van der Waals surface area contributed by atoms with E-state index in [1.165, 1.54) is 0 Å². The van der Waals surface area contributed by atoms with E-state index in [2.05, 4.69) is 10.6 Å². The number of nitrogens with one attached hydrogen (secondary N) is 2. The molecule has 9 heteroatoms. The zero-order valence-corrected chi connectivity index (χ0v) is 20.2. The third-order valence-corrected chi connectivity index (χ3v) is 6.83. The SMILES string of the molecule is O=C(O)CC1CCC(CC(=O)O)CCC(NC(=O)NCc2ccccc2)CCC(CC(=O)O)CC1. The van der Waals surface area contributed by atoms with Gasteiger partial charge in [-0.25, -0.2) is 4.79 Å². The lowest BCUT2D eigenvalue weighted by Gasteiger charge is -2.27. The molecule has 1 aliphatic rings. The molecule has 1 aromatic rings. The van der Waals surface area contributed by atoms with Crippen LogP contribution in [0.4, 0.5) is 4.79 Å². The van der Waals surface area contributed by atoms with Crippen molar-refractivity contribution in [3.8, 4) is 0 Å². The number of carbonyl (C=O) groups is 4. The van der Waals surface area contributed by atoms with E-state index in [-0.39, 0.29) is 49.1 Å². The third kappa shape index (κ3) is 12.2. The highest BCUT2D eigenvalue weighted by atomic mass is 16.4. The van der Waals surface area contributed by atoms with Crippen molar-refractivity contribution in [3.05, 3.63) is 35.9 Å². The lowest BCUT2D eigenvalue weighted by atomic mass is 9.81. The summed E-state index contributed by atoms with van der Waals surface area (Å²) in [5, 5.41) is 33.8. The van der Waals surface area contributed by atoms with Gasteiger partial charge in [0.15, 0.2) is 0 Å². The lowest BCUT2D eigenvalue weighted by Crippen LogP contribution is -2.42. The van der Waals surface area contributed by atoms with Gasteiger partial charge in [-0.2, -0.15) is 0 Å². The second-order valence-corrected chi connectivity index (χ2v) is 9.71. The van der Waals surface area contributed by atoms with Crippen molar-refractivity contribution in [1.29, 1.82) is 0 Å². The highest BCUT2D eigenvalue weighted by Crippen LogP contribution is 2.31. The van der Waals surface area contributed by atoms with Gasteiger partial charge in [0.05, 0.1) is 0 Å². The maximum atomic E-state index is 12.6. The zero-order chi connectivity index (χ0) is 25.6. The number of hydrogen-bond donors (Lipinski definition) is 5. The summed E-state index contributed by atoms with van der Waals surface area (Å²) in [5.74, 6) is -2.97. The Morgan fingerprint density at radius 2 is 1.06 bits per heavy atom. The molecule has 35 heavy (non-hydrogen) atoms. The van der Waals surface area contributed by atoms with Crippen molar-refractivity contribution >= 4 is 23.9 Å². The first-order valence-corrected chi connectivity index (χ1v) is 12.4. The maximum absolute atomic E-state index is 12.6. The standard InChI is InChI=1S/C26H38N2O7/c29-23(30)14-18-6-8-19(15-24(31)32)10-12-22(13-11-20(9-7-18)16-25(33)34)28-26(35)27-17-21-4-2-1-3-5-21/h1-5,18-20,22H,6-17H2,(H,29,30)(H,31,32)(H,33,34)(H2,27,28,35). The van der Waals surface area contributed by atoms with Crippen molar-refractivity contribution in [1.82, 2.24) is 10.6 Å². The molecule has 2 amide bonds. The summed E-state index contributed by atoms with van der Waals surface area (Å²) < 4.78 is 0. The Morgan fingerprint density at radius 1 is 0.657 bits per heavy atom. The van der Waals surface area contributed by atoms with Gasteiger partial charge in [0.2, 0.25) is 0 Å². The summed E-state index contributed by atoms with van der Waals surface area (Å²) in [6.07, 6.45) is 4.77. The molecular weight excluding hydrogens is 452 g/mol. The Hall–Kier alpha value is -3.10. The summed E-state index contributed by atoms with van der Waals surface area (Å²) in [4.78, 5) is 46.7. The molecule has 0 saturated heterocycles. The molecule has 0 radical (unpaired) electrons. The monoisotopic (exact) mass is 490 g/mol. The topological polar surface area (TPSA) is 153 Å². The first-order valence-electron chi connectivity index (χ1n) is 12.4. The average molecular weight is 491 g/mol. The van der Waals surface area contributed by atoms with Gasteiger partial charge in [0.25, 0.3) is 0 Å². The minimum absolute atomic E-state index is 0.00531. The van der Waals surface area contributed by atoms with Crippen LogP contribution in [0.5, 0.6) is 0 Å². The normalized spacial score (nSPS) is 23.8. The first-order chi connectivity index (χ1) is 16.7. The second-order valence-electron chi connectivity index (χ2n) is 9.71. The Morgan fingerprint density at radius 3 is 1.46 bits per heavy atom. The smallest absolute Gasteiger partial charge is 0.315 e. The Balaban J connectivity index is 2.06. The van der Waals surface area contributed by atoms with E-state index < -0.39 is 17.9 Å². The first kappa shape index (κ1) is 28.1. The Kier molecular flexibility index (Phi) is 12.1. The number of carbonyl (C=O) groups excluding carboxylic acids is 1. The van der Waals surface area contributed by atoms with E-state index in [4.69, 9.17) is 0 Å². The van der Waals surface area contributed by atoms with E-state index in [0.29, 0.717) is 57.9 Å². The van der Waals surface area contributed by atoms with Crippen LogP contribution in [0.15, 0.2) is 30.3 Å². The van der Waals surface area contributed by atoms with Crippen molar-refractivity contribution in [2.75, 3.05) is 0 Å². The van der Waals surface area contributed by atoms with Crippen LogP contribution in [0.3, 0.4) is 0 Å². The Bertz CT molecular complexity index is 798. The second kappa shape index (κ2) is 15.0. The molecule has 0 spiro atoms. The minimum atomic E-state index is -0.891. The summed E-state index contributed by atoms with van der Waals surface area (Å²) in [6.45, 7) is 0.383. The van der Waals surface area contributed by atoms with Crippen LogP contribution >= 0.6 is 0 Å². The van der Waals surface area contributed by atoms with Crippen molar-refractivity contribution < 1.29 is 34.5 Å². The van der Waals surface area contributed by atoms with Gasteiger partial charge < -0.3 is 26.0 Å².